The van der Waals surface area contributed by atoms with Crippen molar-refractivity contribution in [2.75, 3.05) is 26.2 Å². The molecule has 0 spiro atoms. The molecule has 0 saturated carbocycles. The number of fused-ring (bicyclic) bond motifs is 1. The van der Waals surface area contributed by atoms with Crippen LogP contribution in [0.4, 0.5) is 0 Å². The van der Waals surface area contributed by atoms with Crippen LogP contribution in [0.3, 0.4) is 0 Å². The number of benzene rings is 1. The topological polar surface area (TPSA) is 60.9 Å². The van der Waals surface area contributed by atoms with Gasteiger partial charge in [-0.25, -0.2) is 0 Å². The molecule has 5 heteroatoms. The van der Waals surface area contributed by atoms with Crippen LogP contribution in [0.15, 0.2) is 36.9 Å². The van der Waals surface area contributed by atoms with E-state index in [-0.39, 0.29) is 19.0 Å². The average molecular weight is 288 g/mol. The van der Waals surface area contributed by atoms with Crippen molar-refractivity contribution >= 4 is 11.9 Å². The number of aliphatic carboxylic acids is 1. The molecule has 1 aromatic rings. The lowest BCUT2D eigenvalue weighted by Crippen LogP contribution is -2.44. The number of hydrogen-bond donors (Lipinski definition) is 1. The number of carboxylic acids is 1. The van der Waals surface area contributed by atoms with E-state index in [4.69, 9.17) is 5.11 Å². The van der Waals surface area contributed by atoms with E-state index >= 15 is 0 Å². The smallest absolute Gasteiger partial charge is 0.317 e. The summed E-state index contributed by atoms with van der Waals surface area (Å²) in [5.41, 5.74) is 2.46. The molecule has 0 saturated heterocycles. The fourth-order valence-corrected chi connectivity index (χ4v) is 2.56. The highest BCUT2D eigenvalue weighted by Crippen LogP contribution is 2.18. The predicted octanol–water partition coefficient (Wildman–Crippen LogP) is 1.14. The van der Waals surface area contributed by atoms with Crippen LogP contribution in [0.1, 0.15) is 11.1 Å². The lowest BCUT2D eigenvalue weighted by molar-refractivity contribution is -0.139. The summed E-state index contributed by atoms with van der Waals surface area (Å²) in [5.74, 6) is -0.971. The molecule has 1 aliphatic heterocycles. The van der Waals surface area contributed by atoms with E-state index in [9.17, 15) is 9.59 Å². The number of carboxylic acid groups (broad SMARTS) is 1. The van der Waals surface area contributed by atoms with Crippen LogP contribution >= 0.6 is 0 Å². The van der Waals surface area contributed by atoms with Crippen LogP contribution in [0.2, 0.25) is 0 Å². The third-order valence-electron chi connectivity index (χ3n) is 3.59. The molecule has 0 radical (unpaired) electrons. The lowest BCUT2D eigenvalue weighted by atomic mass is 10.00. The minimum absolute atomic E-state index is 0.0346. The molecule has 0 atom stereocenters. The third kappa shape index (κ3) is 4.16. The Bertz CT molecular complexity index is 542. The first-order valence-electron chi connectivity index (χ1n) is 6.99. The van der Waals surface area contributed by atoms with Gasteiger partial charge >= 0.3 is 5.97 Å². The Balaban J connectivity index is 1.97. The van der Waals surface area contributed by atoms with Gasteiger partial charge in [-0.05, 0) is 17.5 Å². The second-order valence-corrected chi connectivity index (χ2v) is 5.19. The van der Waals surface area contributed by atoms with Crippen molar-refractivity contribution in [1.29, 1.82) is 0 Å². The minimum Gasteiger partial charge on any atom is -0.480 e. The largest absolute Gasteiger partial charge is 0.480 e. The standard InChI is InChI=1S/C16H20N2O3/c1-2-8-17(12-16(20)21)11-15(19)18-9-7-13-5-3-4-6-14(13)10-18/h2-6H,1,7-12H2,(H,20,21). The van der Waals surface area contributed by atoms with Crippen LogP contribution in [0, 0.1) is 0 Å². The zero-order chi connectivity index (χ0) is 15.2. The van der Waals surface area contributed by atoms with Gasteiger partial charge in [0.25, 0.3) is 0 Å². The number of carbonyl (C=O) groups is 2. The monoisotopic (exact) mass is 288 g/mol. The molecule has 1 amide bonds. The van der Waals surface area contributed by atoms with Gasteiger partial charge in [0, 0.05) is 19.6 Å². The second-order valence-electron chi connectivity index (χ2n) is 5.19. The highest BCUT2D eigenvalue weighted by Gasteiger charge is 2.22. The SMILES string of the molecule is C=CCN(CC(=O)O)CC(=O)N1CCc2ccccc2C1. The molecule has 1 aromatic carbocycles. The Morgan fingerprint density at radius 2 is 2.00 bits per heavy atom. The molecule has 21 heavy (non-hydrogen) atoms. The van der Waals surface area contributed by atoms with E-state index in [0.717, 1.165) is 6.42 Å². The van der Waals surface area contributed by atoms with Crippen molar-refractivity contribution in [1.82, 2.24) is 9.80 Å². The molecular weight excluding hydrogens is 268 g/mol. The summed E-state index contributed by atoms with van der Waals surface area (Å²) in [6.45, 7) is 5.24. The third-order valence-corrected chi connectivity index (χ3v) is 3.59. The average Bonchev–Trinajstić information content (AvgIpc) is 2.46. The van der Waals surface area contributed by atoms with E-state index in [1.54, 1.807) is 15.9 Å². The minimum atomic E-state index is -0.936. The molecule has 0 bridgehead atoms. The molecule has 2 rings (SSSR count). The highest BCUT2D eigenvalue weighted by molar-refractivity contribution is 5.79. The van der Waals surface area contributed by atoms with Gasteiger partial charge < -0.3 is 10.0 Å². The van der Waals surface area contributed by atoms with E-state index in [0.29, 0.717) is 19.6 Å². The van der Waals surface area contributed by atoms with Gasteiger partial charge in [-0.2, -0.15) is 0 Å². The van der Waals surface area contributed by atoms with E-state index < -0.39 is 5.97 Å². The number of hydrogen-bond acceptors (Lipinski definition) is 3. The molecule has 112 valence electrons. The highest BCUT2D eigenvalue weighted by atomic mass is 16.4. The van der Waals surface area contributed by atoms with Crippen molar-refractivity contribution in [3.8, 4) is 0 Å². The maximum atomic E-state index is 12.3. The number of carbonyl (C=O) groups excluding carboxylic acids is 1. The van der Waals surface area contributed by atoms with Crippen molar-refractivity contribution in [3.63, 3.8) is 0 Å². The number of amides is 1. The quantitative estimate of drug-likeness (QED) is 0.798. The van der Waals surface area contributed by atoms with Crippen LogP contribution in [-0.2, 0) is 22.6 Å². The fraction of sp³-hybridized carbons (Fsp3) is 0.375. The Hall–Kier alpha value is -2.14. The summed E-state index contributed by atoms with van der Waals surface area (Å²) in [7, 11) is 0. The van der Waals surface area contributed by atoms with Crippen molar-refractivity contribution in [2.24, 2.45) is 0 Å². The van der Waals surface area contributed by atoms with Crippen LogP contribution in [0.5, 0.6) is 0 Å². The maximum absolute atomic E-state index is 12.3. The van der Waals surface area contributed by atoms with Gasteiger partial charge in [-0.3, -0.25) is 14.5 Å². The zero-order valence-electron chi connectivity index (χ0n) is 12.0. The van der Waals surface area contributed by atoms with Crippen LogP contribution in [-0.4, -0.2) is 53.0 Å². The predicted molar refractivity (Wildman–Crippen MR) is 79.8 cm³/mol. The molecule has 0 fully saturated rings. The van der Waals surface area contributed by atoms with Crippen molar-refractivity contribution in [3.05, 3.63) is 48.0 Å². The molecule has 0 aromatic heterocycles. The molecule has 5 nitrogen and oxygen atoms in total. The Kier molecular flexibility index (Phi) is 5.11. The van der Waals surface area contributed by atoms with Gasteiger partial charge in [0.15, 0.2) is 0 Å². The zero-order valence-corrected chi connectivity index (χ0v) is 12.0. The number of nitrogens with zero attached hydrogens (tertiary/aromatic N) is 2. The Morgan fingerprint density at radius 3 is 2.67 bits per heavy atom. The first-order chi connectivity index (χ1) is 10.1. The fourth-order valence-electron chi connectivity index (χ4n) is 2.56. The summed E-state index contributed by atoms with van der Waals surface area (Å²) in [4.78, 5) is 26.5. The Morgan fingerprint density at radius 1 is 1.29 bits per heavy atom. The summed E-state index contributed by atoms with van der Waals surface area (Å²) >= 11 is 0. The lowest BCUT2D eigenvalue weighted by Gasteiger charge is -2.30. The van der Waals surface area contributed by atoms with E-state index in [1.165, 1.54) is 11.1 Å². The first-order valence-corrected chi connectivity index (χ1v) is 6.99. The van der Waals surface area contributed by atoms with E-state index in [2.05, 4.69) is 12.6 Å². The van der Waals surface area contributed by atoms with Gasteiger partial charge in [-0.15, -0.1) is 6.58 Å². The van der Waals surface area contributed by atoms with Gasteiger partial charge in [0.2, 0.25) is 5.91 Å². The molecule has 0 unspecified atom stereocenters. The molecule has 1 aliphatic rings. The summed E-state index contributed by atoms with van der Waals surface area (Å²) in [6, 6.07) is 8.11. The van der Waals surface area contributed by atoms with Gasteiger partial charge in [0.1, 0.15) is 0 Å². The van der Waals surface area contributed by atoms with Crippen molar-refractivity contribution in [2.45, 2.75) is 13.0 Å². The van der Waals surface area contributed by atoms with Gasteiger partial charge in [-0.1, -0.05) is 30.3 Å². The molecule has 0 aliphatic carbocycles. The van der Waals surface area contributed by atoms with Crippen LogP contribution < -0.4 is 0 Å². The summed E-state index contributed by atoms with van der Waals surface area (Å²) in [5, 5.41) is 8.86. The molecule has 1 N–H and O–H groups in total. The summed E-state index contributed by atoms with van der Waals surface area (Å²) < 4.78 is 0. The molecular formula is C16H20N2O3. The normalized spacial score (nSPS) is 13.9. The maximum Gasteiger partial charge on any atom is 0.317 e. The van der Waals surface area contributed by atoms with Crippen LogP contribution in [0.25, 0.3) is 0 Å². The van der Waals surface area contributed by atoms with Gasteiger partial charge in [0.05, 0.1) is 13.1 Å². The van der Waals surface area contributed by atoms with Crippen molar-refractivity contribution < 1.29 is 14.7 Å². The first kappa shape index (κ1) is 15.3. The molecule has 1 heterocycles. The second kappa shape index (κ2) is 7.04. The number of rotatable bonds is 6. The Labute approximate surface area is 124 Å². The van der Waals surface area contributed by atoms with E-state index in [1.807, 2.05) is 18.2 Å². The summed E-state index contributed by atoms with van der Waals surface area (Å²) in [6.07, 6.45) is 2.46.